The van der Waals surface area contributed by atoms with E-state index in [1.54, 1.807) is 29.4 Å². The van der Waals surface area contributed by atoms with E-state index in [2.05, 4.69) is 15.0 Å². The first-order valence-corrected chi connectivity index (χ1v) is 8.36. The van der Waals surface area contributed by atoms with Crippen LogP contribution in [0, 0.1) is 0 Å². The van der Waals surface area contributed by atoms with Gasteiger partial charge in [0.1, 0.15) is 11.4 Å². The van der Waals surface area contributed by atoms with Gasteiger partial charge in [-0.3, -0.25) is 4.98 Å². The van der Waals surface area contributed by atoms with Gasteiger partial charge < -0.3 is 4.57 Å². The van der Waals surface area contributed by atoms with Gasteiger partial charge in [-0.15, -0.1) is 11.8 Å². The average molecular weight is 373 g/mol. The summed E-state index contributed by atoms with van der Waals surface area (Å²) in [4.78, 5) is 13.0. The number of aryl methyl sites for hydroxylation is 1. The van der Waals surface area contributed by atoms with Crippen molar-refractivity contribution in [3.63, 3.8) is 0 Å². The third-order valence-electron chi connectivity index (χ3n) is 3.39. The summed E-state index contributed by atoms with van der Waals surface area (Å²) >= 11 is 7.53. The van der Waals surface area contributed by atoms with Gasteiger partial charge in [0.25, 0.3) is 0 Å². The number of fused-ring (bicyclic) bond motifs is 1. The van der Waals surface area contributed by atoms with Crippen molar-refractivity contribution >= 4 is 34.4 Å². The summed E-state index contributed by atoms with van der Waals surface area (Å²) in [7, 11) is 1.72. The maximum absolute atomic E-state index is 12.8. The van der Waals surface area contributed by atoms with Crippen LogP contribution in [0.25, 0.3) is 22.6 Å². The number of hydrogen-bond donors (Lipinski definition) is 0. The minimum Gasteiger partial charge on any atom is -0.325 e. The third kappa shape index (κ3) is 3.08. The fraction of sp³-hybridized carbons (Fsp3) is 0.267. The topological polar surface area (TPSA) is 43.6 Å². The molecule has 0 aliphatic rings. The van der Waals surface area contributed by atoms with Crippen LogP contribution in [0.1, 0.15) is 12.6 Å². The molecule has 0 aliphatic heterocycles. The SMILES string of the molecule is CCSc1cc(Cl)cnc1-c1nc2cc(C(F)(F)F)ncc2n1C. The summed E-state index contributed by atoms with van der Waals surface area (Å²) in [5.74, 6) is 1.28. The molecule has 0 atom stereocenters. The van der Waals surface area contributed by atoms with Crippen molar-refractivity contribution in [3.05, 3.63) is 35.2 Å². The minimum atomic E-state index is -4.51. The Bertz CT molecular complexity index is 908. The van der Waals surface area contributed by atoms with E-state index in [0.717, 1.165) is 16.7 Å². The van der Waals surface area contributed by atoms with E-state index >= 15 is 0 Å². The Kier molecular flexibility index (Phi) is 4.44. The van der Waals surface area contributed by atoms with Crippen molar-refractivity contribution in [2.45, 2.75) is 18.0 Å². The maximum atomic E-state index is 12.8. The van der Waals surface area contributed by atoms with Crippen molar-refractivity contribution in [2.75, 3.05) is 5.75 Å². The lowest BCUT2D eigenvalue weighted by Crippen LogP contribution is -2.07. The number of thioether (sulfide) groups is 1. The molecule has 3 aromatic heterocycles. The number of pyridine rings is 2. The van der Waals surface area contributed by atoms with Crippen molar-refractivity contribution in [2.24, 2.45) is 7.05 Å². The Morgan fingerprint density at radius 2 is 1.96 bits per heavy atom. The zero-order chi connectivity index (χ0) is 17.5. The van der Waals surface area contributed by atoms with Gasteiger partial charge in [0, 0.05) is 18.1 Å². The van der Waals surface area contributed by atoms with E-state index in [9.17, 15) is 13.2 Å². The molecule has 3 heterocycles. The van der Waals surface area contributed by atoms with E-state index in [0.29, 0.717) is 22.1 Å². The standard InChI is InChI=1S/C15H12ClF3N4S/c1-3-24-11-4-8(16)6-21-13(11)14-22-9-5-12(15(17,18)19)20-7-10(9)23(14)2/h4-7H,3H2,1-2H3. The molecule has 0 N–H and O–H groups in total. The number of hydrogen-bond acceptors (Lipinski definition) is 4. The summed E-state index contributed by atoms with van der Waals surface area (Å²) < 4.78 is 40.2. The van der Waals surface area contributed by atoms with Crippen LogP contribution in [0.2, 0.25) is 5.02 Å². The number of halogens is 4. The molecule has 24 heavy (non-hydrogen) atoms. The molecule has 4 nitrogen and oxygen atoms in total. The summed E-state index contributed by atoms with van der Waals surface area (Å²) in [6.45, 7) is 1.99. The molecule has 0 bridgehead atoms. The molecule has 0 amide bonds. The molecule has 3 rings (SSSR count). The van der Waals surface area contributed by atoms with Gasteiger partial charge in [0.05, 0.1) is 22.3 Å². The Balaban J connectivity index is 2.19. The van der Waals surface area contributed by atoms with Crippen LogP contribution < -0.4 is 0 Å². The number of nitrogens with zero attached hydrogens (tertiary/aromatic N) is 4. The van der Waals surface area contributed by atoms with E-state index in [1.807, 2.05) is 6.92 Å². The summed E-state index contributed by atoms with van der Waals surface area (Å²) in [6.07, 6.45) is -1.83. The largest absolute Gasteiger partial charge is 0.433 e. The number of aromatic nitrogens is 4. The predicted octanol–water partition coefficient (Wildman–Crippen LogP) is 4.81. The van der Waals surface area contributed by atoms with Crippen LogP contribution >= 0.6 is 23.4 Å². The van der Waals surface area contributed by atoms with Crippen LogP contribution in [0.4, 0.5) is 13.2 Å². The predicted molar refractivity (Wildman–Crippen MR) is 88.2 cm³/mol. The second-order valence-corrected chi connectivity index (χ2v) is 6.73. The van der Waals surface area contributed by atoms with Crippen LogP contribution in [0.5, 0.6) is 0 Å². The van der Waals surface area contributed by atoms with E-state index < -0.39 is 11.9 Å². The highest BCUT2D eigenvalue weighted by Gasteiger charge is 2.33. The smallest absolute Gasteiger partial charge is 0.325 e. The van der Waals surface area contributed by atoms with E-state index in [4.69, 9.17) is 11.6 Å². The van der Waals surface area contributed by atoms with Gasteiger partial charge in [-0.05, 0) is 17.9 Å². The lowest BCUT2D eigenvalue weighted by atomic mass is 10.3. The zero-order valence-electron chi connectivity index (χ0n) is 12.7. The molecular weight excluding hydrogens is 361 g/mol. The average Bonchev–Trinajstić information content (AvgIpc) is 2.83. The Hall–Kier alpha value is -1.80. The highest BCUT2D eigenvalue weighted by molar-refractivity contribution is 7.99. The third-order valence-corrected chi connectivity index (χ3v) is 4.51. The summed E-state index contributed by atoms with van der Waals surface area (Å²) in [5.41, 5.74) is 0.339. The molecule has 0 fully saturated rings. The number of alkyl halides is 3. The lowest BCUT2D eigenvalue weighted by molar-refractivity contribution is -0.141. The lowest BCUT2D eigenvalue weighted by Gasteiger charge is -2.08. The monoisotopic (exact) mass is 372 g/mol. The summed E-state index contributed by atoms with van der Waals surface area (Å²) in [5, 5.41) is 0.495. The molecule has 0 saturated carbocycles. The molecule has 0 unspecified atom stereocenters. The second kappa shape index (κ2) is 6.25. The van der Waals surface area contributed by atoms with Crippen molar-refractivity contribution < 1.29 is 13.2 Å². The highest BCUT2D eigenvalue weighted by atomic mass is 35.5. The quantitative estimate of drug-likeness (QED) is 0.618. The fourth-order valence-electron chi connectivity index (χ4n) is 2.31. The van der Waals surface area contributed by atoms with E-state index in [-0.39, 0.29) is 5.52 Å². The minimum absolute atomic E-state index is 0.221. The number of rotatable bonds is 3. The van der Waals surface area contributed by atoms with Crippen LogP contribution in [0.15, 0.2) is 29.4 Å². The first-order valence-electron chi connectivity index (χ1n) is 6.99. The number of imidazole rings is 1. The highest BCUT2D eigenvalue weighted by Crippen LogP contribution is 2.34. The maximum Gasteiger partial charge on any atom is 0.433 e. The second-order valence-electron chi connectivity index (χ2n) is 4.98. The van der Waals surface area contributed by atoms with E-state index in [1.165, 1.54) is 12.4 Å². The molecular formula is C15H12ClF3N4S. The van der Waals surface area contributed by atoms with Gasteiger partial charge in [0.15, 0.2) is 5.82 Å². The van der Waals surface area contributed by atoms with Crippen molar-refractivity contribution in [1.29, 1.82) is 0 Å². The Morgan fingerprint density at radius 3 is 2.62 bits per heavy atom. The molecule has 0 radical (unpaired) electrons. The molecule has 126 valence electrons. The van der Waals surface area contributed by atoms with Crippen LogP contribution in [0.3, 0.4) is 0 Å². The Morgan fingerprint density at radius 1 is 1.21 bits per heavy atom. The van der Waals surface area contributed by atoms with Crippen LogP contribution in [-0.4, -0.2) is 25.3 Å². The van der Waals surface area contributed by atoms with Gasteiger partial charge in [-0.2, -0.15) is 13.2 Å². The molecule has 0 spiro atoms. The fourth-order valence-corrected chi connectivity index (χ4v) is 3.33. The first kappa shape index (κ1) is 17.0. The molecule has 9 heteroatoms. The van der Waals surface area contributed by atoms with Crippen molar-refractivity contribution in [1.82, 2.24) is 19.5 Å². The molecule has 3 aromatic rings. The summed E-state index contributed by atoms with van der Waals surface area (Å²) in [6, 6.07) is 2.72. The van der Waals surface area contributed by atoms with Gasteiger partial charge in [-0.1, -0.05) is 18.5 Å². The van der Waals surface area contributed by atoms with Gasteiger partial charge >= 0.3 is 6.18 Å². The normalized spacial score (nSPS) is 12.1. The van der Waals surface area contributed by atoms with Crippen molar-refractivity contribution in [3.8, 4) is 11.5 Å². The zero-order valence-corrected chi connectivity index (χ0v) is 14.3. The molecule has 0 aromatic carbocycles. The van der Waals surface area contributed by atoms with Crippen LogP contribution in [-0.2, 0) is 13.2 Å². The van der Waals surface area contributed by atoms with Gasteiger partial charge in [-0.25, -0.2) is 9.97 Å². The molecule has 0 saturated heterocycles. The Labute approximate surface area is 145 Å². The molecule has 0 aliphatic carbocycles. The first-order chi connectivity index (χ1) is 11.3. The van der Waals surface area contributed by atoms with Gasteiger partial charge in [0.2, 0.25) is 0 Å².